The topological polar surface area (TPSA) is 78.9 Å². The molecule has 6 heteroatoms. The molecule has 2 rings (SSSR count). The van der Waals surface area contributed by atoms with E-state index in [1.54, 1.807) is 0 Å². The second-order valence-corrected chi connectivity index (χ2v) is 7.21. The molecule has 0 radical (unpaired) electrons. The Morgan fingerprint density at radius 3 is 2.81 bits per heavy atom. The molecular formula is C15H18BrN3OS. The Morgan fingerprint density at radius 1 is 1.43 bits per heavy atom. The first-order valence-corrected chi connectivity index (χ1v) is 8.73. The maximum absolute atomic E-state index is 12.1. The molecule has 0 unspecified atom stereocenters. The van der Waals surface area contributed by atoms with Gasteiger partial charge in [-0.05, 0) is 31.0 Å². The van der Waals surface area contributed by atoms with Gasteiger partial charge in [0, 0.05) is 15.1 Å². The predicted molar refractivity (Wildman–Crippen MR) is 88.9 cm³/mol. The van der Waals surface area contributed by atoms with Gasteiger partial charge in [-0.25, -0.2) is 0 Å². The summed E-state index contributed by atoms with van der Waals surface area (Å²) in [6, 6.07) is 7.87. The summed E-state index contributed by atoms with van der Waals surface area (Å²) < 4.78 is 0.931. The highest BCUT2D eigenvalue weighted by atomic mass is 79.9. The van der Waals surface area contributed by atoms with Crippen molar-refractivity contribution >= 4 is 39.3 Å². The number of thioether (sulfide) groups is 1. The number of amides is 1. The third-order valence-corrected chi connectivity index (χ3v) is 5.20. The molecule has 3 N–H and O–H groups in total. The summed E-state index contributed by atoms with van der Waals surface area (Å²) in [5.41, 5.74) is 5.87. The van der Waals surface area contributed by atoms with Crippen molar-refractivity contribution in [3.05, 3.63) is 22.7 Å². The highest BCUT2D eigenvalue weighted by Crippen LogP contribution is 2.30. The van der Waals surface area contributed by atoms with E-state index < -0.39 is 5.54 Å². The summed E-state index contributed by atoms with van der Waals surface area (Å²) >= 11 is 4.78. The Morgan fingerprint density at radius 2 is 2.14 bits per heavy atom. The summed E-state index contributed by atoms with van der Waals surface area (Å²) in [6.07, 6.45) is 4.64. The number of nitrogens with two attached hydrogens (primary N) is 1. The van der Waals surface area contributed by atoms with Crippen molar-refractivity contribution in [2.24, 2.45) is 0 Å². The fourth-order valence-corrected chi connectivity index (χ4v) is 3.82. The molecule has 0 saturated heterocycles. The van der Waals surface area contributed by atoms with Crippen molar-refractivity contribution in [3.8, 4) is 6.07 Å². The molecule has 4 nitrogen and oxygen atoms in total. The zero-order valence-corrected chi connectivity index (χ0v) is 14.1. The minimum Gasteiger partial charge on any atom is -0.398 e. The number of nitriles is 1. The van der Waals surface area contributed by atoms with E-state index in [0.29, 0.717) is 5.69 Å². The molecule has 112 valence electrons. The summed E-state index contributed by atoms with van der Waals surface area (Å²) in [5, 5.41) is 12.3. The first kappa shape index (κ1) is 16.2. The number of carbonyl (C=O) groups excluding carboxylic acids is 1. The lowest BCUT2D eigenvalue weighted by atomic mass is 9.83. The Labute approximate surface area is 137 Å². The van der Waals surface area contributed by atoms with Crippen molar-refractivity contribution in [1.82, 2.24) is 5.32 Å². The second kappa shape index (κ2) is 7.19. The molecule has 0 aliphatic heterocycles. The number of halogens is 1. The predicted octanol–water partition coefficient (Wildman–Crippen LogP) is 3.47. The zero-order valence-electron chi connectivity index (χ0n) is 11.7. The highest BCUT2D eigenvalue weighted by molar-refractivity contribution is 9.10. The molecule has 0 atom stereocenters. The molecule has 0 bridgehead atoms. The van der Waals surface area contributed by atoms with Crippen LogP contribution >= 0.6 is 27.7 Å². The highest BCUT2D eigenvalue weighted by Gasteiger charge is 2.33. The SMILES string of the molecule is N#CC1(NC(=O)CSc2cc(Br)ccc2N)CCCCC1. The van der Waals surface area contributed by atoms with Gasteiger partial charge in [0.1, 0.15) is 5.54 Å². The molecule has 1 fully saturated rings. The van der Waals surface area contributed by atoms with Crippen LogP contribution in [-0.2, 0) is 4.79 Å². The van der Waals surface area contributed by atoms with Crippen molar-refractivity contribution in [1.29, 1.82) is 5.26 Å². The van der Waals surface area contributed by atoms with Gasteiger partial charge in [0.2, 0.25) is 5.91 Å². The van der Waals surface area contributed by atoms with Gasteiger partial charge in [-0.3, -0.25) is 4.79 Å². The molecule has 0 aromatic heterocycles. The van der Waals surface area contributed by atoms with Crippen LogP contribution in [0.3, 0.4) is 0 Å². The van der Waals surface area contributed by atoms with Crippen LogP contribution in [0.25, 0.3) is 0 Å². The van der Waals surface area contributed by atoms with E-state index in [2.05, 4.69) is 27.3 Å². The van der Waals surface area contributed by atoms with Crippen LogP contribution in [0.15, 0.2) is 27.6 Å². The van der Waals surface area contributed by atoms with Gasteiger partial charge in [-0.1, -0.05) is 35.2 Å². The lowest BCUT2D eigenvalue weighted by molar-refractivity contribution is -0.120. The van der Waals surface area contributed by atoms with Crippen LogP contribution in [-0.4, -0.2) is 17.2 Å². The number of nitrogens with one attached hydrogen (secondary N) is 1. The van der Waals surface area contributed by atoms with Gasteiger partial charge >= 0.3 is 0 Å². The van der Waals surface area contributed by atoms with E-state index in [4.69, 9.17) is 5.73 Å². The fraction of sp³-hybridized carbons (Fsp3) is 0.467. The first-order valence-electron chi connectivity index (χ1n) is 6.95. The van der Waals surface area contributed by atoms with Crippen molar-refractivity contribution in [2.45, 2.75) is 42.5 Å². The zero-order chi connectivity index (χ0) is 15.3. The van der Waals surface area contributed by atoms with Crippen molar-refractivity contribution < 1.29 is 4.79 Å². The molecule has 1 aliphatic carbocycles. The van der Waals surface area contributed by atoms with Gasteiger partial charge in [-0.15, -0.1) is 11.8 Å². The number of nitrogen functional groups attached to an aromatic ring is 1. The monoisotopic (exact) mass is 367 g/mol. The van der Waals surface area contributed by atoms with Crippen LogP contribution in [0.4, 0.5) is 5.69 Å². The van der Waals surface area contributed by atoms with E-state index >= 15 is 0 Å². The summed E-state index contributed by atoms with van der Waals surface area (Å²) in [6.45, 7) is 0. The van der Waals surface area contributed by atoms with Gasteiger partial charge < -0.3 is 11.1 Å². The molecule has 1 aromatic rings. The summed E-state index contributed by atoms with van der Waals surface area (Å²) in [7, 11) is 0. The number of anilines is 1. The van der Waals surface area contributed by atoms with Gasteiger partial charge in [0.05, 0.1) is 11.8 Å². The summed E-state index contributed by atoms with van der Waals surface area (Å²) in [4.78, 5) is 13.0. The van der Waals surface area contributed by atoms with Gasteiger partial charge in [0.25, 0.3) is 0 Å². The standard InChI is InChI=1S/C15H18BrN3OS/c16-11-4-5-12(18)13(8-11)21-9-14(20)19-15(10-17)6-2-1-3-7-15/h4-5,8H,1-3,6-7,9,18H2,(H,19,20). The Bertz CT molecular complexity index is 565. The maximum atomic E-state index is 12.1. The number of hydrogen-bond donors (Lipinski definition) is 2. The van der Waals surface area contributed by atoms with Crippen molar-refractivity contribution in [3.63, 3.8) is 0 Å². The van der Waals surface area contributed by atoms with Crippen LogP contribution in [0.1, 0.15) is 32.1 Å². The molecule has 1 saturated carbocycles. The Hall–Kier alpha value is -1.19. The molecule has 1 aliphatic rings. The third kappa shape index (κ3) is 4.39. The van der Waals surface area contributed by atoms with E-state index in [1.165, 1.54) is 11.8 Å². The second-order valence-electron chi connectivity index (χ2n) is 5.27. The third-order valence-electron chi connectivity index (χ3n) is 3.63. The van der Waals surface area contributed by atoms with Crippen LogP contribution in [0.5, 0.6) is 0 Å². The van der Waals surface area contributed by atoms with Gasteiger partial charge in [-0.2, -0.15) is 5.26 Å². The molecule has 1 aromatic carbocycles. The lowest BCUT2D eigenvalue weighted by Crippen LogP contribution is -2.49. The Balaban J connectivity index is 1.93. The lowest BCUT2D eigenvalue weighted by Gasteiger charge is -2.31. The van der Waals surface area contributed by atoms with Crippen LogP contribution < -0.4 is 11.1 Å². The van der Waals surface area contributed by atoms with E-state index in [9.17, 15) is 10.1 Å². The average Bonchev–Trinajstić information content (AvgIpc) is 2.49. The molecule has 21 heavy (non-hydrogen) atoms. The number of hydrogen-bond acceptors (Lipinski definition) is 4. The first-order chi connectivity index (χ1) is 10.0. The number of rotatable bonds is 4. The molecule has 0 heterocycles. The smallest absolute Gasteiger partial charge is 0.231 e. The molecule has 0 spiro atoms. The van der Waals surface area contributed by atoms with Crippen LogP contribution in [0, 0.1) is 11.3 Å². The number of benzene rings is 1. The normalized spacial score (nSPS) is 17.0. The van der Waals surface area contributed by atoms with E-state index in [-0.39, 0.29) is 11.7 Å². The van der Waals surface area contributed by atoms with Crippen LogP contribution in [0.2, 0.25) is 0 Å². The molecule has 1 amide bonds. The molecular weight excluding hydrogens is 350 g/mol. The fourth-order valence-electron chi connectivity index (χ4n) is 2.50. The summed E-state index contributed by atoms with van der Waals surface area (Å²) in [5.74, 6) is 0.159. The number of carbonyl (C=O) groups is 1. The quantitative estimate of drug-likeness (QED) is 0.630. The largest absolute Gasteiger partial charge is 0.398 e. The van der Waals surface area contributed by atoms with Crippen molar-refractivity contribution in [2.75, 3.05) is 11.5 Å². The van der Waals surface area contributed by atoms with E-state index in [0.717, 1.165) is 41.5 Å². The Kier molecular flexibility index (Phi) is 5.54. The number of nitrogens with zero attached hydrogens (tertiary/aromatic N) is 1. The van der Waals surface area contributed by atoms with E-state index in [1.807, 2.05) is 18.2 Å². The minimum absolute atomic E-state index is 0.108. The average molecular weight is 368 g/mol. The maximum Gasteiger partial charge on any atom is 0.231 e. The van der Waals surface area contributed by atoms with Gasteiger partial charge in [0.15, 0.2) is 0 Å². The minimum atomic E-state index is -0.668.